The highest BCUT2D eigenvalue weighted by atomic mass is 16.5. The molecule has 3 aliphatic heterocycles. The molecule has 0 radical (unpaired) electrons. The van der Waals surface area contributed by atoms with Crippen LogP contribution in [0.2, 0.25) is 0 Å². The van der Waals surface area contributed by atoms with Gasteiger partial charge in [-0.25, -0.2) is 0 Å². The molecule has 0 aliphatic carbocycles. The number of hydrogen-bond acceptors (Lipinski definition) is 5. The van der Waals surface area contributed by atoms with E-state index in [1.165, 1.54) is 0 Å². The highest BCUT2D eigenvalue weighted by molar-refractivity contribution is 5.90. The Morgan fingerprint density at radius 3 is 2.90 bits per heavy atom. The van der Waals surface area contributed by atoms with E-state index in [0.717, 1.165) is 55.2 Å². The second-order valence-corrected chi connectivity index (χ2v) is 8.40. The fourth-order valence-corrected chi connectivity index (χ4v) is 5.82. The third-order valence-electron chi connectivity index (χ3n) is 6.98. The van der Waals surface area contributed by atoms with Crippen LogP contribution >= 0.6 is 0 Å². The summed E-state index contributed by atoms with van der Waals surface area (Å²) < 4.78 is 16.7. The average molecular weight is 396 g/mol. The van der Waals surface area contributed by atoms with Gasteiger partial charge in [-0.3, -0.25) is 9.69 Å². The number of rotatable bonds is 6. The number of ether oxygens (including phenoxy) is 2. The molecule has 0 bridgehead atoms. The minimum Gasteiger partial charge on any atom is -0.496 e. The van der Waals surface area contributed by atoms with Crippen LogP contribution in [0.5, 0.6) is 5.75 Å². The molecule has 3 saturated heterocycles. The summed E-state index contributed by atoms with van der Waals surface area (Å²) in [5.74, 6) is 3.27. The van der Waals surface area contributed by atoms with Crippen LogP contribution in [-0.2, 0) is 22.7 Å². The summed E-state index contributed by atoms with van der Waals surface area (Å²) >= 11 is 0. The number of para-hydroxylation sites is 1. The lowest BCUT2D eigenvalue weighted by Crippen LogP contribution is -2.49. The van der Waals surface area contributed by atoms with Gasteiger partial charge in [0.1, 0.15) is 29.4 Å². The van der Waals surface area contributed by atoms with Gasteiger partial charge in [0, 0.05) is 38.2 Å². The Morgan fingerprint density at radius 1 is 1.21 bits per heavy atom. The van der Waals surface area contributed by atoms with Gasteiger partial charge in [0.05, 0.1) is 13.2 Å². The summed E-state index contributed by atoms with van der Waals surface area (Å²) in [4.78, 5) is 18.1. The number of amides is 1. The van der Waals surface area contributed by atoms with Crippen LogP contribution in [-0.4, -0.2) is 48.6 Å². The molecule has 29 heavy (non-hydrogen) atoms. The van der Waals surface area contributed by atoms with E-state index >= 15 is 0 Å². The standard InChI is InChI=1S/C23H28N2O4/c1-27-15-18-8-9-21(29-18)19-12-17-14-24(13-16-6-3-4-7-20(16)28-2)22(26)23(17)10-5-11-25(19)23/h3-4,6-9,17,19H,5,10-15H2,1-2H3/t17-,19-,23-/m0/s1. The number of furan rings is 1. The van der Waals surface area contributed by atoms with E-state index in [4.69, 9.17) is 13.9 Å². The van der Waals surface area contributed by atoms with Gasteiger partial charge in [0.2, 0.25) is 5.91 Å². The minimum atomic E-state index is -0.360. The summed E-state index contributed by atoms with van der Waals surface area (Å²) in [6.45, 7) is 2.84. The molecule has 4 heterocycles. The molecule has 1 spiro atoms. The highest BCUT2D eigenvalue weighted by Crippen LogP contribution is 2.56. The summed E-state index contributed by atoms with van der Waals surface area (Å²) in [5.41, 5.74) is 0.706. The normalized spacial score (nSPS) is 28.8. The topological polar surface area (TPSA) is 55.2 Å². The predicted octanol–water partition coefficient (Wildman–Crippen LogP) is 3.37. The van der Waals surface area contributed by atoms with E-state index in [2.05, 4.69) is 11.0 Å². The zero-order valence-electron chi connectivity index (χ0n) is 17.1. The second kappa shape index (κ2) is 7.18. The summed E-state index contributed by atoms with van der Waals surface area (Å²) in [7, 11) is 3.36. The molecule has 1 amide bonds. The van der Waals surface area contributed by atoms with Crippen molar-refractivity contribution < 1.29 is 18.7 Å². The largest absolute Gasteiger partial charge is 0.496 e. The van der Waals surface area contributed by atoms with Gasteiger partial charge in [0.15, 0.2) is 0 Å². The fraction of sp³-hybridized carbons (Fsp3) is 0.522. The minimum absolute atomic E-state index is 0.186. The van der Waals surface area contributed by atoms with Gasteiger partial charge in [-0.05, 0) is 37.5 Å². The maximum atomic E-state index is 13.7. The molecular weight excluding hydrogens is 368 g/mol. The summed E-state index contributed by atoms with van der Waals surface area (Å²) in [5, 5.41) is 0. The fourth-order valence-electron chi connectivity index (χ4n) is 5.82. The molecule has 3 atom stereocenters. The molecule has 5 rings (SSSR count). The van der Waals surface area contributed by atoms with Crippen LogP contribution in [0.15, 0.2) is 40.8 Å². The number of carbonyl (C=O) groups is 1. The lowest BCUT2D eigenvalue weighted by atomic mass is 9.85. The van der Waals surface area contributed by atoms with E-state index in [-0.39, 0.29) is 17.5 Å². The maximum Gasteiger partial charge on any atom is 0.243 e. The number of likely N-dealkylation sites (tertiary alicyclic amines) is 1. The van der Waals surface area contributed by atoms with Crippen molar-refractivity contribution in [1.82, 2.24) is 9.80 Å². The summed E-state index contributed by atoms with van der Waals surface area (Å²) in [6.07, 6.45) is 2.97. The van der Waals surface area contributed by atoms with E-state index in [0.29, 0.717) is 19.1 Å². The Labute approximate surface area is 171 Å². The van der Waals surface area contributed by atoms with Gasteiger partial charge in [-0.1, -0.05) is 18.2 Å². The van der Waals surface area contributed by atoms with Crippen LogP contribution in [0, 0.1) is 5.92 Å². The molecule has 1 aromatic heterocycles. The number of methoxy groups -OCH3 is 2. The zero-order chi connectivity index (χ0) is 20.0. The molecule has 1 aromatic carbocycles. The highest BCUT2D eigenvalue weighted by Gasteiger charge is 2.65. The van der Waals surface area contributed by atoms with Crippen molar-refractivity contribution in [2.24, 2.45) is 5.92 Å². The van der Waals surface area contributed by atoms with E-state index < -0.39 is 0 Å². The number of nitrogens with zero attached hydrogens (tertiary/aromatic N) is 2. The molecule has 0 saturated carbocycles. The van der Waals surface area contributed by atoms with Crippen molar-refractivity contribution in [2.75, 3.05) is 27.3 Å². The van der Waals surface area contributed by atoms with E-state index in [1.54, 1.807) is 14.2 Å². The van der Waals surface area contributed by atoms with Crippen LogP contribution in [0.3, 0.4) is 0 Å². The van der Waals surface area contributed by atoms with Crippen molar-refractivity contribution in [2.45, 2.75) is 44.0 Å². The van der Waals surface area contributed by atoms with Crippen LogP contribution in [0.1, 0.15) is 42.4 Å². The molecule has 3 fully saturated rings. The predicted molar refractivity (Wildman–Crippen MR) is 107 cm³/mol. The Hall–Kier alpha value is -2.31. The molecule has 6 heteroatoms. The monoisotopic (exact) mass is 396 g/mol. The SMILES string of the molecule is COCc1ccc([C@@H]2C[C@H]3CN(Cc4ccccc4OC)C(=O)[C@]34CCCN24)o1. The van der Waals surface area contributed by atoms with Crippen LogP contribution in [0.4, 0.5) is 0 Å². The third-order valence-corrected chi connectivity index (χ3v) is 6.98. The van der Waals surface area contributed by atoms with Crippen molar-refractivity contribution >= 4 is 5.91 Å². The molecular formula is C23H28N2O4. The first kappa shape index (κ1) is 18.7. The molecule has 3 aliphatic rings. The Bertz CT molecular complexity index is 910. The van der Waals surface area contributed by atoms with Crippen molar-refractivity contribution in [1.29, 1.82) is 0 Å². The number of carbonyl (C=O) groups excluding carboxylic acids is 1. The first-order valence-electron chi connectivity index (χ1n) is 10.4. The van der Waals surface area contributed by atoms with Gasteiger partial charge < -0.3 is 18.8 Å². The lowest BCUT2D eigenvalue weighted by Gasteiger charge is -2.33. The van der Waals surface area contributed by atoms with Gasteiger partial charge >= 0.3 is 0 Å². The van der Waals surface area contributed by atoms with Gasteiger partial charge in [0.25, 0.3) is 0 Å². The first-order valence-corrected chi connectivity index (χ1v) is 10.4. The first-order chi connectivity index (χ1) is 14.2. The number of hydrogen-bond donors (Lipinski definition) is 0. The molecule has 0 N–H and O–H groups in total. The Morgan fingerprint density at radius 2 is 2.07 bits per heavy atom. The van der Waals surface area contributed by atoms with Crippen LogP contribution < -0.4 is 4.74 Å². The quantitative estimate of drug-likeness (QED) is 0.749. The third kappa shape index (κ3) is 2.81. The second-order valence-electron chi connectivity index (χ2n) is 8.40. The zero-order valence-corrected chi connectivity index (χ0v) is 17.1. The molecule has 6 nitrogen and oxygen atoms in total. The van der Waals surface area contributed by atoms with Gasteiger partial charge in [-0.15, -0.1) is 0 Å². The lowest BCUT2D eigenvalue weighted by molar-refractivity contribution is -0.137. The average Bonchev–Trinajstić information content (AvgIpc) is 3.47. The van der Waals surface area contributed by atoms with Crippen molar-refractivity contribution in [3.05, 3.63) is 53.5 Å². The Kier molecular flexibility index (Phi) is 4.63. The van der Waals surface area contributed by atoms with Crippen molar-refractivity contribution in [3.8, 4) is 5.75 Å². The Balaban J connectivity index is 1.39. The van der Waals surface area contributed by atoms with Gasteiger partial charge in [-0.2, -0.15) is 0 Å². The molecule has 2 aromatic rings. The number of benzene rings is 1. The maximum absolute atomic E-state index is 13.7. The molecule has 154 valence electrons. The van der Waals surface area contributed by atoms with Crippen molar-refractivity contribution in [3.63, 3.8) is 0 Å². The smallest absolute Gasteiger partial charge is 0.243 e. The summed E-state index contributed by atoms with van der Waals surface area (Å²) in [6, 6.07) is 12.2. The van der Waals surface area contributed by atoms with Crippen LogP contribution in [0.25, 0.3) is 0 Å². The molecule has 0 unspecified atom stereocenters. The van der Waals surface area contributed by atoms with E-state index in [9.17, 15) is 4.79 Å². The van der Waals surface area contributed by atoms with E-state index in [1.807, 2.05) is 35.2 Å².